The number of H-pyrrole nitrogens is 1. The third kappa shape index (κ3) is 3.25. The minimum atomic E-state index is -0.939. The molecule has 1 aliphatic rings. The van der Waals surface area contributed by atoms with Crippen molar-refractivity contribution in [2.75, 3.05) is 0 Å². The van der Waals surface area contributed by atoms with Gasteiger partial charge in [0.25, 0.3) is 0 Å². The largest absolute Gasteiger partial charge is 0.478 e. The van der Waals surface area contributed by atoms with Gasteiger partial charge in [0.15, 0.2) is 0 Å². The summed E-state index contributed by atoms with van der Waals surface area (Å²) in [5.74, 6) is -0.859. The van der Waals surface area contributed by atoms with Gasteiger partial charge in [-0.05, 0) is 18.2 Å². The molecule has 0 fully saturated rings. The van der Waals surface area contributed by atoms with Crippen LogP contribution >= 0.6 is 11.6 Å². The molecule has 2 N–H and O–H groups in total. The maximum atomic E-state index is 11.7. The molecule has 6 heteroatoms. The zero-order valence-electron chi connectivity index (χ0n) is 15.1. The molecule has 2 atom stereocenters. The quantitative estimate of drug-likeness (QED) is 0.655. The fourth-order valence-corrected chi connectivity index (χ4v) is 3.93. The van der Waals surface area contributed by atoms with Gasteiger partial charge >= 0.3 is 5.97 Å². The van der Waals surface area contributed by atoms with E-state index in [0.29, 0.717) is 16.4 Å². The summed E-state index contributed by atoms with van der Waals surface area (Å²) in [6.07, 6.45) is 6.65. The number of hydrogen-bond acceptors (Lipinski definition) is 3. The minimum Gasteiger partial charge on any atom is -0.478 e. The molecule has 140 valence electrons. The molecule has 0 radical (unpaired) electrons. The SMILES string of the molecule is CC1C(C(=O)O)=CC=C(Cl)C1c1[nH]c(-c2ccccc2)nc1-c1ccncc1. The Morgan fingerprint density at radius 1 is 1.07 bits per heavy atom. The first-order valence-corrected chi connectivity index (χ1v) is 9.30. The molecule has 3 aromatic rings. The van der Waals surface area contributed by atoms with Crippen LogP contribution in [0.15, 0.2) is 77.6 Å². The summed E-state index contributed by atoms with van der Waals surface area (Å²) in [5.41, 5.74) is 3.71. The van der Waals surface area contributed by atoms with Gasteiger partial charge in [-0.15, -0.1) is 0 Å². The number of nitrogens with one attached hydrogen (secondary N) is 1. The highest BCUT2D eigenvalue weighted by Gasteiger charge is 2.34. The van der Waals surface area contributed by atoms with E-state index in [-0.39, 0.29) is 11.8 Å². The van der Waals surface area contributed by atoms with Crippen molar-refractivity contribution in [1.29, 1.82) is 0 Å². The first kappa shape index (κ1) is 18.2. The van der Waals surface area contributed by atoms with Gasteiger partial charge < -0.3 is 10.1 Å². The maximum Gasteiger partial charge on any atom is 0.331 e. The van der Waals surface area contributed by atoms with E-state index in [1.165, 1.54) is 0 Å². The van der Waals surface area contributed by atoms with Gasteiger partial charge in [-0.25, -0.2) is 9.78 Å². The Balaban J connectivity index is 1.88. The number of allylic oxidation sites excluding steroid dienone is 3. The molecule has 2 heterocycles. The minimum absolute atomic E-state index is 0.306. The molecule has 1 aromatic carbocycles. The predicted octanol–water partition coefficient (Wildman–Crippen LogP) is 5.01. The normalized spacial score (nSPS) is 19.1. The number of benzene rings is 1. The average molecular weight is 392 g/mol. The molecule has 5 nitrogen and oxygen atoms in total. The molecule has 0 saturated carbocycles. The third-order valence-electron chi connectivity index (χ3n) is 5.00. The summed E-state index contributed by atoms with van der Waals surface area (Å²) in [6, 6.07) is 13.6. The lowest BCUT2D eigenvalue weighted by molar-refractivity contribution is -0.133. The van der Waals surface area contributed by atoms with Gasteiger partial charge in [-0.3, -0.25) is 4.98 Å². The second-order valence-electron chi connectivity index (χ2n) is 6.69. The number of imidazole rings is 1. The summed E-state index contributed by atoms with van der Waals surface area (Å²) in [4.78, 5) is 24.0. The van der Waals surface area contributed by atoms with Crippen LogP contribution in [0.4, 0.5) is 0 Å². The molecular weight excluding hydrogens is 374 g/mol. The Morgan fingerprint density at radius 3 is 2.46 bits per heavy atom. The predicted molar refractivity (Wildman–Crippen MR) is 109 cm³/mol. The summed E-state index contributed by atoms with van der Waals surface area (Å²) in [7, 11) is 0. The molecule has 0 amide bonds. The van der Waals surface area contributed by atoms with E-state index in [9.17, 15) is 9.90 Å². The molecule has 28 heavy (non-hydrogen) atoms. The van der Waals surface area contributed by atoms with Crippen molar-refractivity contribution in [1.82, 2.24) is 15.0 Å². The van der Waals surface area contributed by atoms with E-state index in [4.69, 9.17) is 16.6 Å². The van der Waals surface area contributed by atoms with Crippen LogP contribution in [0.1, 0.15) is 18.5 Å². The summed E-state index contributed by atoms with van der Waals surface area (Å²) in [5, 5.41) is 10.1. The zero-order chi connectivity index (χ0) is 19.7. The summed E-state index contributed by atoms with van der Waals surface area (Å²) in [6.45, 7) is 1.87. The number of carboxylic acid groups (broad SMARTS) is 1. The standard InChI is InChI=1S/C22H18ClN3O2/c1-13-16(22(27)28)7-8-17(23)18(13)20-19(14-9-11-24-12-10-14)25-21(26-20)15-5-3-2-4-6-15/h2-13,18H,1H3,(H,25,26)(H,27,28). The van der Waals surface area contributed by atoms with E-state index < -0.39 is 5.97 Å². The number of pyridine rings is 1. The second-order valence-corrected chi connectivity index (χ2v) is 7.13. The molecule has 4 rings (SSSR count). The Hall–Kier alpha value is -3.18. The third-order valence-corrected chi connectivity index (χ3v) is 5.36. The van der Waals surface area contributed by atoms with E-state index in [1.54, 1.807) is 24.5 Å². The van der Waals surface area contributed by atoms with Gasteiger partial charge in [0, 0.05) is 46.0 Å². The molecule has 0 aliphatic heterocycles. The number of carboxylic acids is 1. The first-order chi connectivity index (χ1) is 13.6. The van der Waals surface area contributed by atoms with Gasteiger partial charge in [-0.2, -0.15) is 0 Å². The van der Waals surface area contributed by atoms with Crippen LogP contribution in [0.2, 0.25) is 0 Å². The van der Waals surface area contributed by atoms with E-state index in [2.05, 4.69) is 9.97 Å². The number of aliphatic carboxylic acids is 1. The number of aromatic amines is 1. The van der Waals surface area contributed by atoms with Crippen molar-refractivity contribution in [3.63, 3.8) is 0 Å². The zero-order valence-corrected chi connectivity index (χ0v) is 15.9. The van der Waals surface area contributed by atoms with Gasteiger partial charge in [0.1, 0.15) is 5.82 Å². The lowest BCUT2D eigenvalue weighted by Gasteiger charge is -2.27. The van der Waals surface area contributed by atoms with Crippen molar-refractivity contribution in [3.05, 3.63) is 83.3 Å². The van der Waals surface area contributed by atoms with Crippen molar-refractivity contribution < 1.29 is 9.90 Å². The lowest BCUT2D eigenvalue weighted by Crippen LogP contribution is -2.21. The molecular formula is C22H18ClN3O2. The average Bonchev–Trinajstić information content (AvgIpc) is 3.14. The fraction of sp³-hybridized carbons (Fsp3) is 0.136. The van der Waals surface area contributed by atoms with E-state index >= 15 is 0 Å². The number of carbonyl (C=O) groups is 1. The van der Waals surface area contributed by atoms with Crippen LogP contribution in [0, 0.1) is 5.92 Å². The Labute approximate surface area is 167 Å². The van der Waals surface area contributed by atoms with Gasteiger partial charge in [-0.1, -0.05) is 54.9 Å². The number of rotatable bonds is 4. The van der Waals surface area contributed by atoms with Gasteiger partial charge in [0.05, 0.1) is 11.4 Å². The fourth-order valence-electron chi connectivity index (χ4n) is 3.57. The molecule has 2 aromatic heterocycles. The Kier molecular flexibility index (Phi) is 4.84. The summed E-state index contributed by atoms with van der Waals surface area (Å²) >= 11 is 6.56. The molecule has 0 spiro atoms. The van der Waals surface area contributed by atoms with Crippen molar-refractivity contribution in [2.45, 2.75) is 12.8 Å². The van der Waals surface area contributed by atoms with Crippen LogP contribution in [-0.4, -0.2) is 26.0 Å². The molecule has 1 aliphatic carbocycles. The monoisotopic (exact) mass is 391 g/mol. The van der Waals surface area contributed by atoms with Crippen LogP contribution in [0.25, 0.3) is 22.6 Å². The molecule has 0 bridgehead atoms. The van der Waals surface area contributed by atoms with Crippen molar-refractivity contribution in [2.24, 2.45) is 5.92 Å². The maximum absolute atomic E-state index is 11.7. The number of aromatic nitrogens is 3. The highest BCUT2D eigenvalue weighted by Crippen LogP contribution is 2.44. The molecule has 0 saturated heterocycles. The smallest absolute Gasteiger partial charge is 0.331 e. The molecule has 2 unspecified atom stereocenters. The van der Waals surface area contributed by atoms with Gasteiger partial charge in [0.2, 0.25) is 0 Å². The van der Waals surface area contributed by atoms with E-state index in [0.717, 1.165) is 22.5 Å². The topological polar surface area (TPSA) is 78.9 Å². The summed E-state index contributed by atoms with van der Waals surface area (Å²) < 4.78 is 0. The van der Waals surface area contributed by atoms with Crippen molar-refractivity contribution >= 4 is 17.6 Å². The number of hydrogen-bond donors (Lipinski definition) is 2. The van der Waals surface area contributed by atoms with E-state index in [1.807, 2.05) is 49.4 Å². The lowest BCUT2D eigenvalue weighted by atomic mass is 9.80. The van der Waals surface area contributed by atoms with Crippen molar-refractivity contribution in [3.8, 4) is 22.6 Å². The Morgan fingerprint density at radius 2 is 1.79 bits per heavy atom. The van der Waals surface area contributed by atoms with Crippen LogP contribution in [-0.2, 0) is 4.79 Å². The highest BCUT2D eigenvalue weighted by atomic mass is 35.5. The second kappa shape index (κ2) is 7.44. The Bertz CT molecular complexity index is 1070. The number of nitrogens with zero attached hydrogens (tertiary/aromatic N) is 2. The number of halogens is 1. The van der Waals surface area contributed by atoms with Crippen LogP contribution < -0.4 is 0 Å². The first-order valence-electron chi connectivity index (χ1n) is 8.92. The van der Waals surface area contributed by atoms with Crippen LogP contribution in [0.3, 0.4) is 0 Å². The highest BCUT2D eigenvalue weighted by molar-refractivity contribution is 6.30. The van der Waals surface area contributed by atoms with Crippen LogP contribution in [0.5, 0.6) is 0 Å².